The zero-order chi connectivity index (χ0) is 59.6. The van der Waals surface area contributed by atoms with Crippen LogP contribution < -0.4 is 5.32 Å². The second-order valence-corrected chi connectivity index (χ2v) is 23.2. The monoisotopic (exact) mass is 1150 g/mol. The third-order valence-electron chi connectivity index (χ3n) is 15.6. The lowest BCUT2D eigenvalue weighted by molar-refractivity contribution is -0.305. The van der Waals surface area contributed by atoms with Crippen LogP contribution in [0.1, 0.15) is 290 Å². The number of amides is 1. The SMILES string of the molecule is CC/C=C\C/C=C\C/C=C\C/C=C\C/C=C\C/C=C\CCCCCC(O)C(=O)NC(COC1OC(CO)C(O)C(O)C1OC(=O)CCCCCCCCCCCCCCCCCCCCC)C(O)/C=C/CCCCCCCCCCCC. The molecular formula is C71H125NO10. The number of aliphatic hydroxyl groups excluding tert-OH is 5. The first-order valence-electron chi connectivity index (χ1n) is 33.9. The Morgan fingerprint density at radius 1 is 0.488 bits per heavy atom. The normalized spacial score (nSPS) is 19.1. The zero-order valence-corrected chi connectivity index (χ0v) is 52.6. The van der Waals surface area contributed by atoms with Crippen molar-refractivity contribution < 1.29 is 49.3 Å². The first-order chi connectivity index (χ1) is 40.2. The maximum absolute atomic E-state index is 13.5. The van der Waals surface area contributed by atoms with Gasteiger partial charge in [-0.1, -0.05) is 292 Å². The molecule has 0 bridgehead atoms. The van der Waals surface area contributed by atoms with Crippen LogP contribution in [-0.4, -0.2) is 99.6 Å². The number of unbranched alkanes of at least 4 members (excludes halogenated alkanes) is 31. The van der Waals surface area contributed by atoms with Gasteiger partial charge in [0.1, 0.15) is 24.4 Å². The molecule has 1 rings (SSSR count). The summed E-state index contributed by atoms with van der Waals surface area (Å²) in [6.45, 7) is 5.68. The molecule has 8 atom stereocenters. The summed E-state index contributed by atoms with van der Waals surface area (Å²) in [6, 6.07) is -1.04. The van der Waals surface area contributed by atoms with Crippen molar-refractivity contribution in [2.75, 3.05) is 13.2 Å². The van der Waals surface area contributed by atoms with Crippen LogP contribution in [0.2, 0.25) is 0 Å². The van der Waals surface area contributed by atoms with Crippen molar-refractivity contribution in [2.24, 2.45) is 0 Å². The number of allylic oxidation sites excluding steroid dienone is 13. The van der Waals surface area contributed by atoms with Gasteiger partial charge in [-0.05, 0) is 77.0 Å². The molecule has 0 saturated carbocycles. The number of hydrogen-bond donors (Lipinski definition) is 6. The highest BCUT2D eigenvalue weighted by Gasteiger charge is 2.47. The first kappa shape index (κ1) is 76.9. The third kappa shape index (κ3) is 45.2. The number of nitrogens with one attached hydrogen (secondary N) is 1. The van der Waals surface area contributed by atoms with E-state index in [-0.39, 0.29) is 19.4 Å². The Labute approximate surface area is 502 Å². The van der Waals surface area contributed by atoms with Gasteiger partial charge in [0.15, 0.2) is 12.4 Å². The van der Waals surface area contributed by atoms with Gasteiger partial charge in [-0.25, -0.2) is 0 Å². The quantitative estimate of drug-likeness (QED) is 0.0195. The number of rotatable bonds is 57. The molecule has 0 aromatic carbocycles. The number of hydrogen-bond acceptors (Lipinski definition) is 10. The smallest absolute Gasteiger partial charge is 0.306 e. The summed E-state index contributed by atoms with van der Waals surface area (Å²) in [7, 11) is 0. The Hall–Kier alpha value is -3.16. The fraction of sp³-hybridized carbons (Fsp3) is 0.775. The van der Waals surface area contributed by atoms with Gasteiger partial charge < -0.3 is 45.1 Å². The van der Waals surface area contributed by atoms with Crippen molar-refractivity contribution in [3.8, 4) is 0 Å². The van der Waals surface area contributed by atoms with Gasteiger partial charge in [0, 0.05) is 6.42 Å². The Kier molecular flexibility index (Phi) is 54.6. The number of aliphatic hydroxyl groups is 5. The molecule has 1 amide bonds. The highest BCUT2D eigenvalue weighted by Crippen LogP contribution is 2.26. The van der Waals surface area contributed by atoms with Gasteiger partial charge in [-0.3, -0.25) is 9.59 Å². The molecule has 474 valence electrons. The average molecular weight is 1150 g/mol. The van der Waals surface area contributed by atoms with Gasteiger partial charge in [-0.2, -0.15) is 0 Å². The third-order valence-corrected chi connectivity index (χ3v) is 15.6. The minimum Gasteiger partial charge on any atom is -0.454 e. The summed E-state index contributed by atoms with van der Waals surface area (Å²) < 4.78 is 17.7. The predicted octanol–water partition coefficient (Wildman–Crippen LogP) is 16.9. The molecular weight excluding hydrogens is 1030 g/mol. The first-order valence-corrected chi connectivity index (χ1v) is 33.9. The van der Waals surface area contributed by atoms with Gasteiger partial charge in [-0.15, -0.1) is 0 Å². The van der Waals surface area contributed by atoms with Crippen LogP contribution in [0.25, 0.3) is 0 Å². The molecule has 1 aliphatic heterocycles. The van der Waals surface area contributed by atoms with E-state index in [1.54, 1.807) is 6.08 Å². The van der Waals surface area contributed by atoms with E-state index in [2.05, 4.69) is 99.0 Å². The topological polar surface area (TPSA) is 175 Å². The number of carbonyl (C=O) groups excluding carboxylic acids is 2. The molecule has 11 nitrogen and oxygen atoms in total. The second-order valence-electron chi connectivity index (χ2n) is 23.2. The highest BCUT2D eigenvalue weighted by molar-refractivity contribution is 5.80. The lowest BCUT2D eigenvalue weighted by Crippen LogP contribution is -2.61. The van der Waals surface area contributed by atoms with E-state index >= 15 is 0 Å². The van der Waals surface area contributed by atoms with Crippen LogP contribution in [-0.2, 0) is 23.8 Å². The van der Waals surface area contributed by atoms with E-state index in [0.717, 1.165) is 96.3 Å². The van der Waals surface area contributed by atoms with E-state index in [1.165, 1.54) is 148 Å². The molecule has 1 heterocycles. The summed E-state index contributed by atoms with van der Waals surface area (Å²) in [6.07, 6.45) is 66.2. The summed E-state index contributed by atoms with van der Waals surface area (Å²) in [5, 5.41) is 57.1. The molecule has 6 N–H and O–H groups in total. The van der Waals surface area contributed by atoms with E-state index in [4.69, 9.17) is 14.2 Å². The van der Waals surface area contributed by atoms with Gasteiger partial charge in [0.05, 0.1) is 25.4 Å². The van der Waals surface area contributed by atoms with Gasteiger partial charge in [0.25, 0.3) is 0 Å². The van der Waals surface area contributed by atoms with Crippen LogP contribution in [0.3, 0.4) is 0 Å². The van der Waals surface area contributed by atoms with E-state index in [0.29, 0.717) is 12.8 Å². The molecule has 0 aromatic rings. The van der Waals surface area contributed by atoms with Crippen molar-refractivity contribution in [3.63, 3.8) is 0 Å². The lowest BCUT2D eigenvalue weighted by Gasteiger charge is -2.41. The van der Waals surface area contributed by atoms with Crippen LogP contribution in [0.5, 0.6) is 0 Å². The van der Waals surface area contributed by atoms with Gasteiger partial charge >= 0.3 is 5.97 Å². The highest BCUT2D eigenvalue weighted by atomic mass is 16.7. The molecule has 0 aromatic heterocycles. The molecule has 0 aliphatic carbocycles. The van der Waals surface area contributed by atoms with Crippen LogP contribution >= 0.6 is 0 Å². The molecule has 1 fully saturated rings. The lowest BCUT2D eigenvalue weighted by atomic mass is 9.99. The average Bonchev–Trinajstić information content (AvgIpc) is 3.68. The maximum atomic E-state index is 13.5. The Balaban J connectivity index is 2.65. The standard InChI is InChI=1S/C71H125NO10/c1-4-7-10-13-16-19-22-25-27-29-31-32-33-35-36-38-40-43-46-49-52-55-58-64(75)70(79)72-62(63(74)57-54-51-48-45-42-24-21-18-15-12-9-6-3)61-80-71-69(68(78)67(77)65(60-73)81-71)82-66(76)59-56-53-50-47-44-41-39-37-34-30-28-26-23-20-17-14-11-8-5-2/h7,10,16,19,25,27,31-32,35-36,40,43,54,57,62-65,67-69,71,73-75,77-78H,4-6,8-9,11-15,17-18,20-24,26,28-30,33-34,37-39,41-42,44-53,55-56,58-61H2,1-3H3,(H,72,79)/b10-7-,19-16-,27-25-,32-31-,36-35-,43-40-,57-54+. The van der Waals surface area contributed by atoms with Gasteiger partial charge in [0.2, 0.25) is 5.91 Å². The maximum Gasteiger partial charge on any atom is 0.306 e. The molecule has 0 spiro atoms. The molecule has 1 saturated heterocycles. The van der Waals surface area contributed by atoms with Crippen LogP contribution in [0.4, 0.5) is 0 Å². The molecule has 1 aliphatic rings. The van der Waals surface area contributed by atoms with Crippen molar-refractivity contribution in [1.82, 2.24) is 5.32 Å². The minimum absolute atomic E-state index is 0.121. The predicted molar refractivity (Wildman–Crippen MR) is 342 cm³/mol. The summed E-state index contributed by atoms with van der Waals surface area (Å²) >= 11 is 0. The van der Waals surface area contributed by atoms with Crippen molar-refractivity contribution in [3.05, 3.63) is 85.1 Å². The molecule has 82 heavy (non-hydrogen) atoms. The Morgan fingerprint density at radius 3 is 1.32 bits per heavy atom. The molecule has 11 heteroatoms. The van der Waals surface area contributed by atoms with Crippen LogP contribution in [0.15, 0.2) is 85.1 Å². The Bertz CT molecular complexity index is 1660. The fourth-order valence-electron chi connectivity index (χ4n) is 10.2. The van der Waals surface area contributed by atoms with Crippen LogP contribution in [0, 0.1) is 0 Å². The van der Waals surface area contributed by atoms with Crippen molar-refractivity contribution in [1.29, 1.82) is 0 Å². The number of carbonyl (C=O) groups is 2. The summed E-state index contributed by atoms with van der Waals surface area (Å²) in [5.74, 6) is -1.22. The summed E-state index contributed by atoms with van der Waals surface area (Å²) in [4.78, 5) is 26.6. The van der Waals surface area contributed by atoms with E-state index < -0.39 is 67.4 Å². The second kappa shape index (κ2) is 58.2. The number of esters is 1. The minimum atomic E-state index is -1.62. The molecule has 8 unspecified atom stereocenters. The fourth-order valence-corrected chi connectivity index (χ4v) is 10.2. The van der Waals surface area contributed by atoms with E-state index in [9.17, 15) is 35.1 Å². The zero-order valence-electron chi connectivity index (χ0n) is 52.6. The number of ether oxygens (including phenoxy) is 3. The summed E-state index contributed by atoms with van der Waals surface area (Å²) in [5.41, 5.74) is 0. The largest absolute Gasteiger partial charge is 0.454 e. The van der Waals surface area contributed by atoms with Crippen molar-refractivity contribution >= 4 is 11.9 Å². The van der Waals surface area contributed by atoms with Crippen molar-refractivity contribution in [2.45, 2.75) is 339 Å². The Morgan fingerprint density at radius 2 is 0.878 bits per heavy atom. The van der Waals surface area contributed by atoms with E-state index in [1.807, 2.05) is 6.08 Å². The molecule has 0 radical (unpaired) electrons.